The molecule has 358 valence electrons. The number of aromatic nitrogens is 10. The van der Waals surface area contributed by atoms with Gasteiger partial charge in [0.15, 0.2) is 5.15 Å². The van der Waals surface area contributed by atoms with Crippen LogP contribution in [-0.2, 0) is 33.9 Å². The molecule has 68 heavy (non-hydrogen) atoms. The standard InChI is InChI=1S/C44H54Cl2N18O4/c45-31-3-1-30(2-4-31)34(56-43(68)44(47)11-19-62(20-12-44)41-33-8-14-49-40(33)51-29-52-41)9-17-60-23-25-61(26-24-60)38(66)10-18-64-28-32(57-59-64)7-13-50-42(67)36-6-5-35(39(46)55-36)54-37(65)27-48-15-21-63-22-16-53-58-63/h1-6,8,14,16,22,28-29,34,48H,7,9-13,15,17-21,23-27,47H2,(H,50,67)(H,54,65)(H,56,68)(H,49,51,52)/t34-/m0/s1. The molecule has 7 heterocycles. The quantitative estimate of drug-likeness (QED) is 0.0471. The van der Waals surface area contributed by atoms with Crippen molar-refractivity contribution in [2.24, 2.45) is 5.73 Å². The molecule has 2 aliphatic rings. The summed E-state index contributed by atoms with van der Waals surface area (Å²) in [6.45, 7) is 6.22. The maximum atomic E-state index is 13.9. The first-order valence-electron chi connectivity index (χ1n) is 22.6. The Bertz CT molecular complexity index is 2640. The Labute approximate surface area is 401 Å². The molecule has 2 saturated heterocycles. The lowest BCUT2D eigenvalue weighted by molar-refractivity contribution is -0.133. The molecule has 24 heteroatoms. The normalized spacial score (nSPS) is 15.6. The van der Waals surface area contributed by atoms with E-state index in [9.17, 15) is 19.2 Å². The molecule has 4 amide bonds. The number of H-pyrrole nitrogens is 1. The fourth-order valence-electron chi connectivity index (χ4n) is 8.23. The maximum absolute atomic E-state index is 13.9. The van der Waals surface area contributed by atoms with Crippen LogP contribution in [0.15, 0.2) is 73.6 Å². The van der Waals surface area contributed by atoms with Crippen molar-refractivity contribution in [3.8, 4) is 0 Å². The highest BCUT2D eigenvalue weighted by atomic mass is 35.5. The van der Waals surface area contributed by atoms with E-state index in [1.54, 1.807) is 34.3 Å². The van der Waals surface area contributed by atoms with Gasteiger partial charge in [-0.1, -0.05) is 45.8 Å². The van der Waals surface area contributed by atoms with Crippen LogP contribution in [0.5, 0.6) is 0 Å². The number of carbonyl (C=O) groups excluding carboxylic acids is 4. The molecular formula is C44H54Cl2N18O4. The second kappa shape index (κ2) is 22.5. The van der Waals surface area contributed by atoms with Crippen LogP contribution in [0.3, 0.4) is 0 Å². The number of aromatic amines is 1. The number of anilines is 2. The summed E-state index contributed by atoms with van der Waals surface area (Å²) in [6, 6.07) is 12.2. The number of piperidine rings is 1. The molecule has 22 nitrogen and oxygen atoms in total. The smallest absolute Gasteiger partial charge is 0.269 e. The summed E-state index contributed by atoms with van der Waals surface area (Å²) in [5.41, 5.74) is 8.55. The highest BCUT2D eigenvalue weighted by molar-refractivity contribution is 6.32. The molecule has 0 unspecified atom stereocenters. The van der Waals surface area contributed by atoms with Crippen LogP contribution in [0, 0.1) is 0 Å². The van der Waals surface area contributed by atoms with Gasteiger partial charge in [-0.25, -0.2) is 15.0 Å². The fraction of sp³-hybridized carbons (Fsp3) is 0.432. The third kappa shape index (κ3) is 12.5. The number of aryl methyl sites for hydroxylation is 1. The zero-order valence-electron chi connectivity index (χ0n) is 37.4. The van der Waals surface area contributed by atoms with Crippen molar-refractivity contribution in [1.82, 2.24) is 75.7 Å². The van der Waals surface area contributed by atoms with Gasteiger partial charge < -0.3 is 41.8 Å². The summed E-state index contributed by atoms with van der Waals surface area (Å²) in [4.78, 5) is 74.7. The average molecular weight is 970 g/mol. The first-order chi connectivity index (χ1) is 33.0. The number of carbonyl (C=O) groups is 4. The van der Waals surface area contributed by atoms with Crippen molar-refractivity contribution in [1.29, 1.82) is 0 Å². The van der Waals surface area contributed by atoms with Gasteiger partial charge in [-0.2, -0.15) is 0 Å². The predicted octanol–water partition coefficient (Wildman–Crippen LogP) is 1.82. The van der Waals surface area contributed by atoms with Gasteiger partial charge in [0.25, 0.3) is 5.91 Å². The number of rotatable bonds is 20. The first kappa shape index (κ1) is 47.9. The lowest BCUT2D eigenvalue weighted by Crippen LogP contribution is -2.60. The largest absolute Gasteiger partial charge is 0.356 e. The highest BCUT2D eigenvalue weighted by Gasteiger charge is 2.39. The van der Waals surface area contributed by atoms with Crippen LogP contribution in [0.25, 0.3) is 11.0 Å². The number of nitrogens with one attached hydrogen (secondary N) is 5. The Kier molecular flexibility index (Phi) is 15.8. The molecule has 0 radical (unpaired) electrons. The molecule has 2 fully saturated rings. The van der Waals surface area contributed by atoms with E-state index in [-0.39, 0.29) is 59.8 Å². The molecule has 0 spiro atoms. The second-order valence-electron chi connectivity index (χ2n) is 16.8. The lowest BCUT2D eigenvalue weighted by Gasteiger charge is -2.39. The number of hydrogen-bond acceptors (Lipinski definition) is 15. The van der Waals surface area contributed by atoms with Crippen molar-refractivity contribution in [2.75, 3.05) is 75.7 Å². The SMILES string of the molecule is NC1(C(=O)N[C@@H](CCN2CCN(C(=O)CCn3cc(CCNC(=O)c4ccc(NC(=O)CNCCn5ccnn5)c(Cl)n4)nn3)CC2)c2ccc(Cl)cc2)CCN(c2ncnc3[nH]ccc23)CC1. The lowest BCUT2D eigenvalue weighted by atomic mass is 9.87. The molecule has 0 bridgehead atoms. The van der Waals surface area contributed by atoms with Gasteiger partial charge in [-0.15, -0.1) is 10.2 Å². The van der Waals surface area contributed by atoms with Crippen LogP contribution in [0.1, 0.15) is 53.5 Å². The van der Waals surface area contributed by atoms with Gasteiger partial charge >= 0.3 is 0 Å². The summed E-state index contributed by atoms with van der Waals surface area (Å²) < 4.78 is 3.28. The molecule has 0 saturated carbocycles. The molecule has 5 aromatic heterocycles. The average Bonchev–Trinajstić information content (AvgIpc) is 4.16. The van der Waals surface area contributed by atoms with Crippen LogP contribution >= 0.6 is 23.2 Å². The van der Waals surface area contributed by atoms with Crippen molar-refractivity contribution >= 4 is 69.4 Å². The summed E-state index contributed by atoms with van der Waals surface area (Å²) in [7, 11) is 0. The third-order valence-electron chi connectivity index (χ3n) is 12.2. The molecule has 2 aliphatic heterocycles. The number of amides is 4. The van der Waals surface area contributed by atoms with Crippen LogP contribution < -0.4 is 31.9 Å². The molecule has 0 aliphatic carbocycles. The van der Waals surface area contributed by atoms with E-state index >= 15 is 0 Å². The predicted molar refractivity (Wildman–Crippen MR) is 254 cm³/mol. The Morgan fingerprint density at radius 2 is 1.69 bits per heavy atom. The van der Waals surface area contributed by atoms with E-state index in [4.69, 9.17) is 28.9 Å². The van der Waals surface area contributed by atoms with Gasteiger partial charge in [-0.05, 0) is 55.2 Å². The van der Waals surface area contributed by atoms with Gasteiger partial charge in [0, 0.05) is 95.4 Å². The molecule has 1 atom stereocenters. The van der Waals surface area contributed by atoms with Gasteiger partial charge in [0.05, 0.1) is 54.2 Å². The number of piperazine rings is 1. The number of pyridine rings is 1. The number of benzene rings is 1. The highest BCUT2D eigenvalue weighted by Crippen LogP contribution is 2.30. The van der Waals surface area contributed by atoms with Gasteiger partial charge in [-0.3, -0.25) is 33.4 Å². The number of hydrogen-bond donors (Lipinski definition) is 6. The zero-order valence-corrected chi connectivity index (χ0v) is 38.9. The maximum Gasteiger partial charge on any atom is 0.269 e. The Hall–Kier alpha value is -6.59. The van der Waals surface area contributed by atoms with Crippen molar-refractivity contribution in [3.05, 3.63) is 101 Å². The van der Waals surface area contributed by atoms with Gasteiger partial charge in [0.2, 0.25) is 17.7 Å². The number of nitrogens with zero attached hydrogens (tertiary/aromatic N) is 12. The topological polar surface area (TPSA) is 268 Å². The van der Waals surface area contributed by atoms with E-state index in [0.29, 0.717) is 102 Å². The van der Waals surface area contributed by atoms with E-state index < -0.39 is 11.4 Å². The second-order valence-corrected chi connectivity index (χ2v) is 17.6. The zero-order chi connectivity index (χ0) is 47.5. The Morgan fingerprint density at radius 1 is 0.882 bits per heavy atom. The minimum Gasteiger partial charge on any atom is -0.356 e. The summed E-state index contributed by atoms with van der Waals surface area (Å²) in [5, 5.41) is 29.3. The Balaban J connectivity index is 0.730. The number of fused-ring (bicyclic) bond motifs is 1. The first-order valence-corrected chi connectivity index (χ1v) is 23.3. The van der Waals surface area contributed by atoms with E-state index in [1.807, 2.05) is 41.4 Å². The van der Waals surface area contributed by atoms with E-state index in [0.717, 1.165) is 22.4 Å². The number of nitrogens with two attached hydrogens (primary N) is 1. The van der Waals surface area contributed by atoms with E-state index in [1.165, 1.54) is 12.1 Å². The van der Waals surface area contributed by atoms with Gasteiger partial charge in [0.1, 0.15) is 23.5 Å². The molecule has 8 rings (SSSR count). The van der Waals surface area contributed by atoms with E-state index in [2.05, 4.69) is 71.6 Å². The van der Waals surface area contributed by atoms with Crippen molar-refractivity contribution in [2.45, 2.75) is 56.8 Å². The number of halogens is 2. The minimum absolute atomic E-state index is 0.0119. The van der Waals surface area contributed by atoms with Crippen molar-refractivity contribution < 1.29 is 19.2 Å². The summed E-state index contributed by atoms with van der Waals surface area (Å²) in [6.07, 6.45) is 10.7. The van der Waals surface area contributed by atoms with Crippen LogP contribution in [-0.4, -0.2) is 154 Å². The molecule has 6 aromatic rings. The van der Waals surface area contributed by atoms with Crippen LogP contribution in [0.2, 0.25) is 10.2 Å². The monoisotopic (exact) mass is 968 g/mol. The van der Waals surface area contributed by atoms with Crippen molar-refractivity contribution in [3.63, 3.8) is 0 Å². The minimum atomic E-state index is -1.03. The molecule has 1 aromatic carbocycles. The van der Waals surface area contributed by atoms with Crippen LogP contribution in [0.4, 0.5) is 11.5 Å². The summed E-state index contributed by atoms with van der Waals surface area (Å²) in [5.74, 6) is -0.0634. The summed E-state index contributed by atoms with van der Waals surface area (Å²) >= 11 is 12.5. The molecule has 7 N–H and O–H groups in total. The molecular weight excluding hydrogens is 916 g/mol. The third-order valence-corrected chi connectivity index (χ3v) is 12.8. The fourth-order valence-corrected chi connectivity index (χ4v) is 8.56. The Morgan fingerprint density at radius 3 is 2.46 bits per heavy atom.